The van der Waals surface area contributed by atoms with E-state index < -0.39 is 6.09 Å². The molecule has 2 heterocycles. The van der Waals surface area contributed by atoms with E-state index in [2.05, 4.69) is 10.3 Å². The Balaban J connectivity index is 2.38. The molecule has 0 saturated heterocycles. The minimum Gasteiger partial charge on any atom is -0.465 e. The minimum absolute atomic E-state index is 0.0417. The van der Waals surface area contributed by atoms with E-state index in [1.165, 1.54) is 6.20 Å². The summed E-state index contributed by atoms with van der Waals surface area (Å²) in [6, 6.07) is 0. The number of aromatic nitrogens is 1. The molecule has 1 aromatic heterocycles. The van der Waals surface area contributed by atoms with E-state index in [1.807, 2.05) is 0 Å². The Hall–Kier alpha value is -2.05. The molecular formula is C7H7N3O4. The van der Waals surface area contributed by atoms with Gasteiger partial charge < -0.3 is 14.8 Å². The first-order valence-corrected chi connectivity index (χ1v) is 3.85. The molecule has 1 amide bonds. The first-order chi connectivity index (χ1) is 6.72. The fourth-order valence-electron chi connectivity index (χ4n) is 1.33. The Morgan fingerprint density at radius 1 is 1.64 bits per heavy atom. The molecule has 1 aliphatic rings. The summed E-state index contributed by atoms with van der Waals surface area (Å²) in [5.41, 5.74) is 0.805. The molecule has 2 N–H and O–H groups in total. The quantitative estimate of drug-likeness (QED) is 0.461. The SMILES string of the molecule is O=C(O)N1CC(=NO)c2cnoc2C1. The van der Waals surface area contributed by atoms with Crippen LogP contribution in [-0.2, 0) is 6.54 Å². The topological polar surface area (TPSA) is 99.2 Å². The fraction of sp³-hybridized carbons (Fsp3) is 0.286. The van der Waals surface area contributed by atoms with Gasteiger partial charge >= 0.3 is 6.09 Å². The zero-order valence-electron chi connectivity index (χ0n) is 7.04. The van der Waals surface area contributed by atoms with Crippen molar-refractivity contribution in [1.82, 2.24) is 10.1 Å². The lowest BCUT2D eigenvalue weighted by molar-refractivity contribution is 0.142. The zero-order chi connectivity index (χ0) is 10.1. The molecule has 1 aromatic rings. The van der Waals surface area contributed by atoms with Crippen molar-refractivity contribution >= 4 is 11.8 Å². The molecule has 7 nitrogen and oxygen atoms in total. The summed E-state index contributed by atoms with van der Waals surface area (Å²) in [5, 5.41) is 23.9. The molecule has 0 aliphatic carbocycles. The Morgan fingerprint density at radius 3 is 3.07 bits per heavy atom. The highest BCUT2D eigenvalue weighted by atomic mass is 16.5. The van der Waals surface area contributed by atoms with Crippen LogP contribution in [0.4, 0.5) is 4.79 Å². The van der Waals surface area contributed by atoms with Crippen LogP contribution in [0, 0.1) is 0 Å². The average Bonchev–Trinajstić information content (AvgIpc) is 2.63. The van der Waals surface area contributed by atoms with Crippen LogP contribution in [0.5, 0.6) is 0 Å². The van der Waals surface area contributed by atoms with Gasteiger partial charge in [-0.3, -0.25) is 4.90 Å². The van der Waals surface area contributed by atoms with Crippen LogP contribution in [-0.4, -0.2) is 38.7 Å². The predicted molar refractivity (Wildman–Crippen MR) is 43.3 cm³/mol. The summed E-state index contributed by atoms with van der Waals surface area (Å²) >= 11 is 0. The number of carboxylic acid groups (broad SMARTS) is 1. The van der Waals surface area contributed by atoms with E-state index in [1.54, 1.807) is 0 Å². The van der Waals surface area contributed by atoms with Crippen LogP contribution in [0.1, 0.15) is 11.3 Å². The fourth-order valence-corrected chi connectivity index (χ4v) is 1.33. The third kappa shape index (κ3) is 1.18. The molecular weight excluding hydrogens is 190 g/mol. The molecule has 0 fully saturated rings. The van der Waals surface area contributed by atoms with Crippen molar-refractivity contribution in [2.24, 2.45) is 5.16 Å². The molecule has 0 spiro atoms. The van der Waals surface area contributed by atoms with Gasteiger partial charge in [-0.25, -0.2) is 4.79 Å². The van der Waals surface area contributed by atoms with Gasteiger partial charge in [-0.1, -0.05) is 10.3 Å². The van der Waals surface area contributed by atoms with Crippen molar-refractivity contribution in [3.05, 3.63) is 17.5 Å². The monoisotopic (exact) mass is 197 g/mol. The first kappa shape index (κ1) is 8.54. The van der Waals surface area contributed by atoms with Crippen LogP contribution in [0.2, 0.25) is 0 Å². The molecule has 0 atom stereocenters. The molecule has 74 valence electrons. The highest BCUT2D eigenvalue weighted by Gasteiger charge is 2.28. The number of amides is 1. The van der Waals surface area contributed by atoms with E-state index >= 15 is 0 Å². The van der Waals surface area contributed by atoms with Gasteiger partial charge in [0.25, 0.3) is 0 Å². The number of oxime groups is 1. The molecule has 0 saturated carbocycles. The van der Waals surface area contributed by atoms with Gasteiger partial charge in [-0.15, -0.1) is 0 Å². The van der Waals surface area contributed by atoms with E-state index in [4.69, 9.17) is 14.8 Å². The summed E-state index contributed by atoms with van der Waals surface area (Å²) in [6.45, 7) is 0.170. The van der Waals surface area contributed by atoms with Crippen molar-refractivity contribution in [3.63, 3.8) is 0 Å². The van der Waals surface area contributed by atoms with Crippen molar-refractivity contribution in [3.8, 4) is 0 Å². The Kier molecular flexibility index (Phi) is 1.84. The average molecular weight is 197 g/mol. The van der Waals surface area contributed by atoms with Crippen LogP contribution >= 0.6 is 0 Å². The molecule has 0 aromatic carbocycles. The maximum atomic E-state index is 10.7. The standard InChI is InChI=1S/C7H7N3O4/c11-7(12)10-2-5(9-13)4-1-8-14-6(4)3-10/h1,13H,2-3H2,(H,11,12). The van der Waals surface area contributed by atoms with Gasteiger partial charge in [0.05, 0.1) is 24.8 Å². The number of hydrogen-bond donors (Lipinski definition) is 2. The summed E-state index contributed by atoms with van der Waals surface area (Å²) in [7, 11) is 0. The minimum atomic E-state index is -1.09. The van der Waals surface area contributed by atoms with E-state index in [9.17, 15) is 4.79 Å². The zero-order valence-corrected chi connectivity index (χ0v) is 7.04. The molecule has 2 rings (SSSR count). The van der Waals surface area contributed by atoms with Crippen LogP contribution < -0.4 is 0 Å². The lowest BCUT2D eigenvalue weighted by atomic mass is 10.1. The van der Waals surface area contributed by atoms with Crippen molar-refractivity contribution < 1.29 is 19.6 Å². The van der Waals surface area contributed by atoms with Gasteiger partial charge in [-0.2, -0.15) is 0 Å². The number of hydrogen-bond acceptors (Lipinski definition) is 5. The van der Waals surface area contributed by atoms with Gasteiger partial charge in [-0.05, 0) is 0 Å². The van der Waals surface area contributed by atoms with Crippen molar-refractivity contribution in [1.29, 1.82) is 0 Å². The lowest BCUT2D eigenvalue weighted by Crippen LogP contribution is -2.38. The first-order valence-electron chi connectivity index (χ1n) is 3.85. The number of carbonyl (C=O) groups is 1. The highest BCUT2D eigenvalue weighted by molar-refractivity contribution is 6.04. The molecule has 0 unspecified atom stereocenters. The Labute approximate surface area is 78.2 Å². The number of rotatable bonds is 0. The molecule has 14 heavy (non-hydrogen) atoms. The van der Waals surface area contributed by atoms with Crippen molar-refractivity contribution in [2.45, 2.75) is 6.54 Å². The molecule has 0 bridgehead atoms. The second-order valence-electron chi connectivity index (χ2n) is 2.85. The third-order valence-corrected chi connectivity index (χ3v) is 2.02. The van der Waals surface area contributed by atoms with Gasteiger partial charge in [0.2, 0.25) is 0 Å². The Bertz CT molecular complexity index is 397. The van der Waals surface area contributed by atoms with Gasteiger partial charge in [0.1, 0.15) is 5.71 Å². The van der Waals surface area contributed by atoms with Crippen LogP contribution in [0.15, 0.2) is 15.9 Å². The largest absolute Gasteiger partial charge is 0.465 e. The predicted octanol–water partition coefficient (Wildman–Crippen LogP) is 0.347. The smallest absolute Gasteiger partial charge is 0.408 e. The van der Waals surface area contributed by atoms with Gasteiger partial charge in [0.15, 0.2) is 5.76 Å². The maximum absolute atomic E-state index is 10.7. The highest BCUT2D eigenvalue weighted by Crippen LogP contribution is 2.18. The molecule has 7 heteroatoms. The lowest BCUT2D eigenvalue weighted by Gasteiger charge is -2.22. The van der Waals surface area contributed by atoms with Crippen molar-refractivity contribution in [2.75, 3.05) is 6.54 Å². The second-order valence-corrected chi connectivity index (χ2v) is 2.85. The Morgan fingerprint density at radius 2 is 2.43 bits per heavy atom. The summed E-state index contributed by atoms with van der Waals surface area (Å²) in [5.74, 6) is 0.395. The summed E-state index contributed by atoms with van der Waals surface area (Å²) in [4.78, 5) is 11.7. The summed E-state index contributed by atoms with van der Waals surface area (Å²) in [6.07, 6.45) is 0.317. The number of fused-ring (bicyclic) bond motifs is 1. The van der Waals surface area contributed by atoms with E-state index in [0.29, 0.717) is 11.3 Å². The maximum Gasteiger partial charge on any atom is 0.408 e. The van der Waals surface area contributed by atoms with Crippen LogP contribution in [0.25, 0.3) is 0 Å². The second kappa shape index (κ2) is 3.02. The summed E-state index contributed by atoms with van der Waals surface area (Å²) < 4.78 is 4.82. The molecule has 1 aliphatic heterocycles. The van der Waals surface area contributed by atoms with E-state index in [-0.39, 0.29) is 18.8 Å². The van der Waals surface area contributed by atoms with E-state index in [0.717, 1.165) is 4.90 Å². The third-order valence-electron chi connectivity index (χ3n) is 2.02. The van der Waals surface area contributed by atoms with Gasteiger partial charge in [0, 0.05) is 0 Å². The van der Waals surface area contributed by atoms with Crippen LogP contribution in [0.3, 0.4) is 0 Å². The number of nitrogens with zero attached hydrogens (tertiary/aromatic N) is 3. The normalized spacial score (nSPS) is 18.3. The molecule has 0 radical (unpaired) electrons.